The average Bonchev–Trinajstić information content (AvgIpc) is 3.30. The van der Waals surface area contributed by atoms with Crippen LogP contribution in [0.1, 0.15) is 46.0 Å². The first-order chi connectivity index (χ1) is 16.0. The Morgan fingerprint density at radius 3 is 2.39 bits per heavy atom. The minimum Gasteiger partial charge on any atom is -0.352 e. The lowest BCUT2D eigenvalue weighted by Gasteiger charge is -2.28. The number of rotatable bonds is 5. The molecule has 0 spiro atoms. The summed E-state index contributed by atoms with van der Waals surface area (Å²) in [6.07, 6.45) is 5.51. The smallest absolute Gasteiger partial charge is 0.170 e. The predicted octanol–water partition coefficient (Wildman–Crippen LogP) is 4.76. The second-order valence-electron chi connectivity index (χ2n) is 8.43. The van der Waals surface area contributed by atoms with Gasteiger partial charge in [0, 0.05) is 30.0 Å². The quantitative estimate of drug-likeness (QED) is 0.439. The van der Waals surface area contributed by atoms with Crippen molar-refractivity contribution >= 4 is 17.3 Å². The van der Waals surface area contributed by atoms with Crippen LogP contribution in [0.3, 0.4) is 0 Å². The van der Waals surface area contributed by atoms with Crippen LogP contribution in [0.5, 0.6) is 0 Å². The van der Waals surface area contributed by atoms with E-state index in [0.29, 0.717) is 11.7 Å². The molecule has 0 amide bonds. The number of hydrogen-bond acceptors (Lipinski definition) is 4. The second kappa shape index (κ2) is 8.75. The van der Waals surface area contributed by atoms with Crippen molar-refractivity contribution in [2.24, 2.45) is 0 Å². The number of aryl methyl sites for hydroxylation is 2. The molecule has 0 aromatic carbocycles. The highest BCUT2D eigenvalue weighted by atomic mass is 32.1. The standard InChI is InChI=1S/C26H26N6S/c1-17-10-13-29-23(14-17)32-18(2)15-21(19(32)3)25-24(22-9-5-7-12-28-22)30-26(33)31(25)16-20-8-4-6-11-27-20/h4-15,24-25H,16H2,1-3H3,(H,30,33)/t24-,25-/m0/s1. The van der Waals surface area contributed by atoms with Gasteiger partial charge in [-0.15, -0.1) is 0 Å². The summed E-state index contributed by atoms with van der Waals surface area (Å²) in [5.41, 5.74) is 6.61. The monoisotopic (exact) mass is 454 g/mol. The predicted molar refractivity (Wildman–Crippen MR) is 133 cm³/mol. The molecule has 1 aliphatic heterocycles. The van der Waals surface area contributed by atoms with Gasteiger partial charge in [0.15, 0.2) is 5.11 Å². The molecule has 7 heteroatoms. The van der Waals surface area contributed by atoms with Crippen molar-refractivity contribution in [3.05, 3.63) is 107 Å². The summed E-state index contributed by atoms with van der Waals surface area (Å²) in [4.78, 5) is 16.1. The molecule has 1 N–H and O–H groups in total. The molecule has 1 fully saturated rings. The van der Waals surface area contributed by atoms with Gasteiger partial charge < -0.3 is 14.8 Å². The third-order valence-electron chi connectivity index (χ3n) is 6.18. The molecule has 0 saturated carbocycles. The molecule has 1 aliphatic rings. The molecule has 5 heterocycles. The van der Waals surface area contributed by atoms with Crippen molar-refractivity contribution < 1.29 is 0 Å². The normalized spacial score (nSPS) is 17.9. The molecule has 33 heavy (non-hydrogen) atoms. The zero-order valence-corrected chi connectivity index (χ0v) is 19.8. The Kier molecular flexibility index (Phi) is 5.64. The fraction of sp³-hybridized carbons (Fsp3) is 0.231. The summed E-state index contributed by atoms with van der Waals surface area (Å²) < 4.78 is 2.22. The van der Waals surface area contributed by atoms with E-state index in [9.17, 15) is 0 Å². The van der Waals surface area contributed by atoms with E-state index in [1.807, 2.05) is 55.0 Å². The Morgan fingerprint density at radius 2 is 1.70 bits per heavy atom. The van der Waals surface area contributed by atoms with Crippen molar-refractivity contribution in [3.63, 3.8) is 0 Å². The van der Waals surface area contributed by atoms with Gasteiger partial charge in [0.05, 0.1) is 30.0 Å². The van der Waals surface area contributed by atoms with Gasteiger partial charge in [-0.05, 0) is 86.6 Å². The SMILES string of the molecule is Cc1ccnc(-n2c(C)cc([C@H]3[C@H](c4ccccn4)NC(=S)N3Cc3ccccn3)c2C)c1. The molecule has 5 rings (SSSR count). The highest BCUT2D eigenvalue weighted by Crippen LogP contribution is 2.41. The van der Waals surface area contributed by atoms with Crippen LogP contribution < -0.4 is 5.32 Å². The molecule has 0 unspecified atom stereocenters. The molecule has 0 radical (unpaired) electrons. The fourth-order valence-corrected chi connectivity index (χ4v) is 4.97. The van der Waals surface area contributed by atoms with Crippen molar-refractivity contribution in [2.75, 3.05) is 0 Å². The lowest BCUT2D eigenvalue weighted by atomic mass is 9.96. The molecule has 4 aromatic heterocycles. The van der Waals surface area contributed by atoms with Crippen LogP contribution in [-0.4, -0.2) is 29.5 Å². The lowest BCUT2D eigenvalue weighted by molar-refractivity contribution is 0.307. The van der Waals surface area contributed by atoms with E-state index in [4.69, 9.17) is 12.2 Å². The van der Waals surface area contributed by atoms with Crippen molar-refractivity contribution in [1.82, 2.24) is 29.7 Å². The second-order valence-corrected chi connectivity index (χ2v) is 8.82. The molecular formula is C26H26N6S. The summed E-state index contributed by atoms with van der Waals surface area (Å²) in [6, 6.07) is 18.3. The maximum atomic E-state index is 5.83. The van der Waals surface area contributed by atoms with Gasteiger partial charge in [-0.25, -0.2) is 4.98 Å². The Hall–Kier alpha value is -3.58. The highest BCUT2D eigenvalue weighted by molar-refractivity contribution is 7.80. The number of aromatic nitrogens is 4. The maximum absolute atomic E-state index is 5.83. The van der Waals surface area contributed by atoms with Crippen LogP contribution in [0, 0.1) is 20.8 Å². The summed E-state index contributed by atoms with van der Waals surface area (Å²) in [5.74, 6) is 0.926. The molecule has 0 aliphatic carbocycles. The topological polar surface area (TPSA) is 58.9 Å². The highest BCUT2D eigenvalue weighted by Gasteiger charge is 2.41. The number of hydrogen-bond donors (Lipinski definition) is 1. The van der Waals surface area contributed by atoms with Crippen molar-refractivity contribution in [3.8, 4) is 5.82 Å². The third-order valence-corrected chi connectivity index (χ3v) is 6.53. The number of nitrogens with one attached hydrogen (secondary N) is 1. The van der Waals surface area contributed by atoms with Gasteiger partial charge in [0.2, 0.25) is 0 Å². The first kappa shape index (κ1) is 21.3. The Bertz CT molecular complexity index is 1280. The van der Waals surface area contributed by atoms with Crippen LogP contribution in [0.15, 0.2) is 73.2 Å². The lowest BCUT2D eigenvalue weighted by Crippen LogP contribution is -2.29. The zero-order chi connectivity index (χ0) is 22.9. The van der Waals surface area contributed by atoms with Crippen molar-refractivity contribution in [1.29, 1.82) is 0 Å². The minimum absolute atomic E-state index is 0.0286. The maximum Gasteiger partial charge on any atom is 0.170 e. The van der Waals surface area contributed by atoms with Gasteiger partial charge >= 0.3 is 0 Å². The van der Waals surface area contributed by atoms with E-state index in [2.05, 4.69) is 68.7 Å². The number of thiocarbonyl (C=S) groups is 1. The molecule has 1 saturated heterocycles. The minimum atomic E-state index is -0.0677. The van der Waals surface area contributed by atoms with E-state index < -0.39 is 0 Å². The summed E-state index contributed by atoms with van der Waals surface area (Å²) in [7, 11) is 0. The Morgan fingerprint density at radius 1 is 0.909 bits per heavy atom. The summed E-state index contributed by atoms with van der Waals surface area (Å²) >= 11 is 5.83. The van der Waals surface area contributed by atoms with Gasteiger partial charge in [-0.1, -0.05) is 12.1 Å². The van der Waals surface area contributed by atoms with Gasteiger partial charge in [0.1, 0.15) is 5.82 Å². The van der Waals surface area contributed by atoms with Gasteiger partial charge in [0.25, 0.3) is 0 Å². The van der Waals surface area contributed by atoms with Crippen LogP contribution in [0.25, 0.3) is 5.82 Å². The van der Waals surface area contributed by atoms with Crippen LogP contribution in [0.4, 0.5) is 0 Å². The summed E-state index contributed by atoms with van der Waals surface area (Å²) in [5, 5.41) is 4.24. The first-order valence-electron chi connectivity index (χ1n) is 11.0. The van der Waals surface area contributed by atoms with Gasteiger partial charge in [-0.3, -0.25) is 9.97 Å². The molecule has 0 bridgehead atoms. The molecule has 6 nitrogen and oxygen atoms in total. The number of pyridine rings is 3. The van der Waals surface area contributed by atoms with E-state index in [1.165, 1.54) is 11.1 Å². The fourth-order valence-electron chi connectivity index (χ4n) is 4.66. The Balaban J connectivity index is 1.62. The van der Waals surface area contributed by atoms with E-state index in [-0.39, 0.29) is 12.1 Å². The first-order valence-corrected chi connectivity index (χ1v) is 11.4. The molecule has 166 valence electrons. The third kappa shape index (κ3) is 4.00. The number of nitrogens with zero attached hydrogens (tertiary/aromatic N) is 5. The van der Waals surface area contributed by atoms with E-state index >= 15 is 0 Å². The van der Waals surface area contributed by atoms with Crippen LogP contribution in [0.2, 0.25) is 0 Å². The summed E-state index contributed by atoms with van der Waals surface area (Å²) in [6.45, 7) is 6.99. The Labute approximate surface area is 199 Å². The van der Waals surface area contributed by atoms with E-state index in [0.717, 1.165) is 28.6 Å². The van der Waals surface area contributed by atoms with Crippen LogP contribution >= 0.6 is 12.2 Å². The molecular weight excluding hydrogens is 428 g/mol. The van der Waals surface area contributed by atoms with E-state index in [1.54, 1.807) is 0 Å². The van der Waals surface area contributed by atoms with Crippen LogP contribution in [-0.2, 0) is 6.54 Å². The zero-order valence-electron chi connectivity index (χ0n) is 18.9. The van der Waals surface area contributed by atoms with Gasteiger partial charge in [-0.2, -0.15) is 0 Å². The molecule has 4 aromatic rings. The largest absolute Gasteiger partial charge is 0.352 e. The molecule has 2 atom stereocenters. The van der Waals surface area contributed by atoms with Crippen molar-refractivity contribution in [2.45, 2.75) is 39.4 Å². The average molecular weight is 455 g/mol.